The number of para-hydroxylation sites is 1. The molecule has 0 aliphatic heterocycles. The van der Waals surface area contributed by atoms with Crippen molar-refractivity contribution in [2.24, 2.45) is 13.0 Å². The number of H-pyrrole nitrogens is 1. The molecule has 1 aliphatic rings. The maximum atomic E-state index is 12.8. The van der Waals surface area contributed by atoms with Crippen LogP contribution in [0.5, 0.6) is 5.75 Å². The van der Waals surface area contributed by atoms with Gasteiger partial charge in [-0.3, -0.25) is 14.6 Å². The van der Waals surface area contributed by atoms with E-state index in [0.29, 0.717) is 29.8 Å². The van der Waals surface area contributed by atoms with Crippen LogP contribution in [0, 0.1) is 5.92 Å². The Kier molecular flexibility index (Phi) is 4.41. The number of nitrogens with one attached hydrogen (secondary N) is 2. The lowest BCUT2D eigenvalue weighted by Gasteiger charge is -2.37. The van der Waals surface area contributed by atoms with Gasteiger partial charge in [-0.05, 0) is 37.0 Å². The van der Waals surface area contributed by atoms with E-state index in [4.69, 9.17) is 0 Å². The van der Waals surface area contributed by atoms with Crippen molar-refractivity contribution in [3.63, 3.8) is 0 Å². The largest absolute Gasteiger partial charge is 0.507 e. The van der Waals surface area contributed by atoms with Crippen LogP contribution in [0.25, 0.3) is 11.3 Å². The molecule has 8 nitrogen and oxygen atoms in total. The third-order valence-corrected chi connectivity index (χ3v) is 4.99. The number of carbonyl (C=O) groups is 1. The first-order valence-corrected chi connectivity index (χ1v) is 8.82. The second-order valence-electron chi connectivity index (χ2n) is 6.97. The molecule has 3 aromatic rings. The number of nitrogens with zero attached hydrogens (tertiary/aromatic N) is 3. The lowest BCUT2D eigenvalue weighted by atomic mass is 9.75. The molecule has 4 N–H and O–H groups in total. The molecule has 2 heterocycles. The van der Waals surface area contributed by atoms with Crippen LogP contribution in [0.15, 0.2) is 42.7 Å². The first kappa shape index (κ1) is 17.3. The zero-order valence-electron chi connectivity index (χ0n) is 14.8. The Balaban J connectivity index is 1.54. The van der Waals surface area contributed by atoms with Gasteiger partial charge in [-0.25, -0.2) is 0 Å². The number of aromatic amines is 1. The highest BCUT2D eigenvalue weighted by atomic mass is 16.3. The molecule has 1 saturated carbocycles. The molecule has 27 heavy (non-hydrogen) atoms. The Bertz CT molecular complexity index is 958. The number of hydrogen-bond acceptors (Lipinski definition) is 5. The molecule has 0 unspecified atom stereocenters. The van der Waals surface area contributed by atoms with E-state index in [0.717, 1.165) is 5.56 Å². The van der Waals surface area contributed by atoms with Gasteiger partial charge in [-0.2, -0.15) is 10.2 Å². The summed E-state index contributed by atoms with van der Waals surface area (Å²) in [6, 6.07) is 8.21. The van der Waals surface area contributed by atoms with E-state index in [1.807, 2.05) is 13.2 Å². The average molecular weight is 367 g/mol. The number of aliphatic hydroxyl groups excluding tert-OH is 1. The summed E-state index contributed by atoms with van der Waals surface area (Å²) in [6.45, 7) is 0. The number of aliphatic hydroxyl groups is 1. The third-order valence-electron chi connectivity index (χ3n) is 4.99. The van der Waals surface area contributed by atoms with Crippen LogP contribution in [0.4, 0.5) is 0 Å². The molecule has 0 bridgehead atoms. The summed E-state index contributed by atoms with van der Waals surface area (Å²) >= 11 is 0. The van der Waals surface area contributed by atoms with E-state index in [-0.39, 0.29) is 29.7 Å². The molecule has 0 spiro atoms. The van der Waals surface area contributed by atoms with Crippen LogP contribution in [-0.4, -0.2) is 42.2 Å². The predicted octanol–water partition coefficient (Wildman–Crippen LogP) is 1.76. The summed E-state index contributed by atoms with van der Waals surface area (Å²) in [5.41, 5.74) is 2.26. The summed E-state index contributed by atoms with van der Waals surface area (Å²) < 4.78 is 1.69. The van der Waals surface area contributed by atoms with E-state index < -0.39 is 0 Å². The minimum atomic E-state index is -0.314. The van der Waals surface area contributed by atoms with Gasteiger partial charge >= 0.3 is 0 Å². The Morgan fingerprint density at radius 3 is 2.81 bits per heavy atom. The first-order valence-electron chi connectivity index (χ1n) is 8.82. The van der Waals surface area contributed by atoms with Crippen LogP contribution in [0.2, 0.25) is 0 Å². The highest BCUT2D eigenvalue weighted by Crippen LogP contribution is 2.38. The first-order chi connectivity index (χ1) is 13.0. The van der Waals surface area contributed by atoms with Crippen molar-refractivity contribution in [1.82, 2.24) is 25.3 Å². The van der Waals surface area contributed by atoms with Crippen LogP contribution in [0.3, 0.4) is 0 Å². The van der Waals surface area contributed by atoms with Crippen molar-refractivity contribution in [3.8, 4) is 17.0 Å². The smallest absolute Gasteiger partial charge is 0.269 e. The monoisotopic (exact) mass is 367 g/mol. The Labute approximate surface area is 155 Å². The normalized spacial score (nSPS) is 20.1. The number of phenols is 1. The van der Waals surface area contributed by atoms with Crippen molar-refractivity contribution in [3.05, 3.63) is 54.0 Å². The zero-order valence-corrected chi connectivity index (χ0v) is 14.8. The van der Waals surface area contributed by atoms with Crippen molar-refractivity contribution < 1.29 is 15.0 Å². The molecule has 4 rings (SSSR count). The topological polar surface area (TPSA) is 116 Å². The Hall–Kier alpha value is -3.13. The number of amides is 1. The number of hydrogen-bond donors (Lipinski definition) is 4. The fraction of sp³-hybridized carbons (Fsp3) is 0.316. The van der Waals surface area contributed by atoms with Gasteiger partial charge in [-0.15, -0.1) is 0 Å². The van der Waals surface area contributed by atoms with Crippen molar-refractivity contribution in [2.75, 3.05) is 0 Å². The van der Waals surface area contributed by atoms with E-state index in [1.165, 1.54) is 0 Å². The highest BCUT2D eigenvalue weighted by molar-refractivity contribution is 5.93. The molecule has 1 atom stereocenters. The molecule has 1 fully saturated rings. The van der Waals surface area contributed by atoms with Gasteiger partial charge in [0, 0.05) is 24.4 Å². The lowest BCUT2D eigenvalue weighted by molar-refractivity contribution is 0.0234. The molecular formula is C19H21N5O3. The number of phenolic OH excluding ortho intramolecular Hbond substituents is 1. The van der Waals surface area contributed by atoms with E-state index in [9.17, 15) is 15.0 Å². The standard InChI is InChI=1S/C19H21N5O3/c1-24-10-12(9-20-24)18(11-6-13(25)7-11)21-19(27)16-8-15(22-23-16)14-4-2-3-5-17(14)26/h2-5,8-11,13,18,25-26H,6-7H2,1H3,(H,21,27)(H,22,23)/t11?,13?,18-/m0/s1. The Morgan fingerprint density at radius 1 is 1.37 bits per heavy atom. The molecule has 2 aromatic heterocycles. The number of aryl methyl sites for hydroxylation is 1. The summed E-state index contributed by atoms with van der Waals surface area (Å²) in [4.78, 5) is 12.8. The van der Waals surface area contributed by atoms with Gasteiger partial charge in [0.15, 0.2) is 0 Å². The van der Waals surface area contributed by atoms with E-state index in [2.05, 4.69) is 20.6 Å². The molecule has 0 saturated heterocycles. The highest BCUT2D eigenvalue weighted by Gasteiger charge is 2.36. The van der Waals surface area contributed by atoms with Gasteiger partial charge in [0.25, 0.3) is 5.91 Å². The summed E-state index contributed by atoms with van der Waals surface area (Å²) in [7, 11) is 1.82. The van der Waals surface area contributed by atoms with Crippen LogP contribution >= 0.6 is 0 Å². The Morgan fingerprint density at radius 2 is 2.15 bits per heavy atom. The molecule has 1 aliphatic carbocycles. The average Bonchev–Trinajstić information content (AvgIpc) is 3.27. The molecule has 140 valence electrons. The molecule has 0 radical (unpaired) electrons. The second-order valence-corrected chi connectivity index (χ2v) is 6.97. The second kappa shape index (κ2) is 6.88. The number of rotatable bonds is 5. The van der Waals surface area contributed by atoms with Gasteiger partial charge in [0.2, 0.25) is 0 Å². The predicted molar refractivity (Wildman–Crippen MR) is 97.8 cm³/mol. The minimum Gasteiger partial charge on any atom is -0.507 e. The van der Waals surface area contributed by atoms with Gasteiger partial charge in [-0.1, -0.05) is 12.1 Å². The SMILES string of the molecule is Cn1cc([C@@H](NC(=O)c2cc(-c3ccccc3O)n[nH]2)C2CC(O)C2)cn1. The molecule has 1 amide bonds. The summed E-state index contributed by atoms with van der Waals surface area (Å²) in [5, 5.41) is 33.7. The number of benzene rings is 1. The molecular weight excluding hydrogens is 346 g/mol. The maximum Gasteiger partial charge on any atom is 0.269 e. The van der Waals surface area contributed by atoms with Crippen molar-refractivity contribution >= 4 is 5.91 Å². The number of aromatic hydroxyl groups is 1. The molecule has 8 heteroatoms. The maximum absolute atomic E-state index is 12.8. The summed E-state index contributed by atoms with van der Waals surface area (Å²) in [5.74, 6) is -0.0271. The fourth-order valence-corrected chi connectivity index (χ4v) is 3.46. The van der Waals surface area contributed by atoms with Gasteiger partial charge in [0.05, 0.1) is 24.0 Å². The summed E-state index contributed by atoms with van der Waals surface area (Å²) in [6.07, 6.45) is 4.58. The van der Waals surface area contributed by atoms with E-state index in [1.54, 1.807) is 41.2 Å². The minimum absolute atomic E-state index is 0.104. The van der Waals surface area contributed by atoms with Crippen LogP contribution in [0.1, 0.15) is 34.9 Å². The fourth-order valence-electron chi connectivity index (χ4n) is 3.46. The van der Waals surface area contributed by atoms with Crippen LogP contribution in [-0.2, 0) is 7.05 Å². The van der Waals surface area contributed by atoms with Crippen LogP contribution < -0.4 is 5.32 Å². The molecule has 1 aromatic carbocycles. The number of carbonyl (C=O) groups excluding carboxylic acids is 1. The lowest BCUT2D eigenvalue weighted by Crippen LogP contribution is -2.41. The quantitative estimate of drug-likeness (QED) is 0.548. The zero-order chi connectivity index (χ0) is 19.0. The van der Waals surface area contributed by atoms with Crippen molar-refractivity contribution in [2.45, 2.75) is 25.0 Å². The third kappa shape index (κ3) is 3.43. The van der Waals surface area contributed by atoms with Crippen molar-refractivity contribution in [1.29, 1.82) is 0 Å². The van der Waals surface area contributed by atoms with Gasteiger partial charge in [0.1, 0.15) is 11.4 Å². The van der Waals surface area contributed by atoms with Gasteiger partial charge < -0.3 is 15.5 Å². The van der Waals surface area contributed by atoms with E-state index >= 15 is 0 Å². The number of aromatic nitrogens is 4.